The minimum absolute atomic E-state index is 0.110. The van der Waals surface area contributed by atoms with Crippen LogP contribution < -0.4 is 10.3 Å². The third-order valence-electron chi connectivity index (χ3n) is 4.93. The monoisotopic (exact) mass is 414 g/mol. The first-order valence-corrected chi connectivity index (χ1v) is 10.3. The molecular formula is C23H18N4O2S. The quantitative estimate of drug-likeness (QED) is 0.429. The van der Waals surface area contributed by atoms with E-state index in [-0.39, 0.29) is 5.56 Å². The Hall–Kier alpha value is -3.71. The van der Waals surface area contributed by atoms with E-state index in [1.807, 2.05) is 72.1 Å². The van der Waals surface area contributed by atoms with Gasteiger partial charge in [-0.25, -0.2) is 9.67 Å². The molecule has 0 aliphatic carbocycles. The van der Waals surface area contributed by atoms with Crippen molar-refractivity contribution in [3.05, 3.63) is 94.2 Å². The number of hydrogen-bond donors (Lipinski definition) is 0. The van der Waals surface area contributed by atoms with E-state index >= 15 is 0 Å². The molecule has 0 unspecified atom stereocenters. The SMILES string of the molecule is COc1ccc(Cn2c(-c3cccs3)nc3c(cnn3-c3ccccc3)c2=O)cc1. The average molecular weight is 414 g/mol. The highest BCUT2D eigenvalue weighted by Crippen LogP contribution is 2.25. The Labute approximate surface area is 176 Å². The van der Waals surface area contributed by atoms with Gasteiger partial charge in [-0.15, -0.1) is 11.3 Å². The fourth-order valence-corrected chi connectivity index (χ4v) is 4.14. The Morgan fingerprint density at radius 2 is 1.80 bits per heavy atom. The summed E-state index contributed by atoms with van der Waals surface area (Å²) in [5, 5.41) is 6.92. The number of hydrogen-bond acceptors (Lipinski definition) is 5. The topological polar surface area (TPSA) is 61.9 Å². The number of methoxy groups -OCH3 is 1. The molecule has 2 aromatic carbocycles. The molecule has 6 nitrogen and oxygen atoms in total. The molecular weight excluding hydrogens is 396 g/mol. The molecule has 0 atom stereocenters. The number of benzene rings is 2. The molecule has 0 N–H and O–H groups in total. The van der Waals surface area contributed by atoms with Crippen LogP contribution in [-0.4, -0.2) is 26.4 Å². The molecule has 0 saturated heterocycles. The van der Waals surface area contributed by atoms with E-state index in [2.05, 4.69) is 5.10 Å². The van der Waals surface area contributed by atoms with Crippen molar-refractivity contribution in [2.75, 3.05) is 7.11 Å². The maximum atomic E-state index is 13.5. The number of para-hydroxylation sites is 1. The van der Waals surface area contributed by atoms with E-state index in [1.54, 1.807) is 33.9 Å². The number of aromatic nitrogens is 4. The molecule has 0 aliphatic rings. The number of ether oxygens (including phenoxy) is 1. The summed E-state index contributed by atoms with van der Waals surface area (Å²) in [7, 11) is 1.64. The van der Waals surface area contributed by atoms with Crippen LogP contribution in [-0.2, 0) is 6.54 Å². The predicted molar refractivity (Wildman–Crippen MR) is 119 cm³/mol. The van der Waals surface area contributed by atoms with Gasteiger partial charge < -0.3 is 4.74 Å². The van der Waals surface area contributed by atoms with Crippen LogP contribution >= 0.6 is 11.3 Å². The van der Waals surface area contributed by atoms with Gasteiger partial charge in [0, 0.05) is 0 Å². The molecule has 0 aliphatic heterocycles. The van der Waals surface area contributed by atoms with Crippen molar-refractivity contribution in [1.82, 2.24) is 19.3 Å². The van der Waals surface area contributed by atoms with Gasteiger partial charge in [0.1, 0.15) is 11.1 Å². The summed E-state index contributed by atoms with van der Waals surface area (Å²) in [6, 6.07) is 21.4. The molecule has 3 heterocycles. The van der Waals surface area contributed by atoms with Crippen LogP contribution in [0.15, 0.2) is 83.1 Å². The molecule has 3 aromatic heterocycles. The van der Waals surface area contributed by atoms with Gasteiger partial charge in [-0.3, -0.25) is 9.36 Å². The largest absolute Gasteiger partial charge is 0.497 e. The molecule has 0 saturated carbocycles. The second kappa shape index (κ2) is 7.61. The first kappa shape index (κ1) is 18.3. The Balaban J connectivity index is 1.70. The van der Waals surface area contributed by atoms with Gasteiger partial charge in [0.05, 0.1) is 30.4 Å². The maximum absolute atomic E-state index is 13.5. The van der Waals surface area contributed by atoms with Crippen LogP contribution in [0.2, 0.25) is 0 Å². The van der Waals surface area contributed by atoms with Crippen molar-refractivity contribution in [3.63, 3.8) is 0 Å². The maximum Gasteiger partial charge on any atom is 0.265 e. The van der Waals surface area contributed by atoms with Crippen molar-refractivity contribution >= 4 is 22.4 Å². The lowest BCUT2D eigenvalue weighted by Gasteiger charge is -2.12. The first-order chi connectivity index (χ1) is 14.7. The highest BCUT2D eigenvalue weighted by molar-refractivity contribution is 7.13. The van der Waals surface area contributed by atoms with Gasteiger partial charge in [0.15, 0.2) is 11.5 Å². The van der Waals surface area contributed by atoms with Crippen LogP contribution in [0.4, 0.5) is 0 Å². The van der Waals surface area contributed by atoms with Gasteiger partial charge >= 0.3 is 0 Å². The Bertz CT molecular complexity index is 1350. The van der Waals surface area contributed by atoms with Gasteiger partial charge in [0.2, 0.25) is 0 Å². The second-order valence-electron chi connectivity index (χ2n) is 6.78. The molecule has 5 rings (SSSR count). The van der Waals surface area contributed by atoms with Crippen molar-refractivity contribution in [2.24, 2.45) is 0 Å². The second-order valence-corrected chi connectivity index (χ2v) is 7.73. The summed E-state index contributed by atoms with van der Waals surface area (Å²) in [5.41, 5.74) is 2.30. The van der Waals surface area contributed by atoms with E-state index in [4.69, 9.17) is 9.72 Å². The summed E-state index contributed by atoms with van der Waals surface area (Å²) in [5.74, 6) is 1.42. The lowest BCUT2D eigenvalue weighted by molar-refractivity contribution is 0.414. The van der Waals surface area contributed by atoms with E-state index < -0.39 is 0 Å². The van der Waals surface area contributed by atoms with Crippen LogP contribution in [0.3, 0.4) is 0 Å². The Morgan fingerprint density at radius 3 is 2.50 bits per heavy atom. The lowest BCUT2D eigenvalue weighted by atomic mass is 10.2. The van der Waals surface area contributed by atoms with E-state index in [1.165, 1.54) is 0 Å². The Kier molecular flexibility index (Phi) is 4.65. The van der Waals surface area contributed by atoms with Gasteiger partial charge in [-0.2, -0.15) is 5.10 Å². The zero-order valence-corrected chi connectivity index (χ0v) is 17.0. The number of fused-ring (bicyclic) bond motifs is 1. The first-order valence-electron chi connectivity index (χ1n) is 9.45. The highest BCUT2D eigenvalue weighted by atomic mass is 32.1. The highest BCUT2D eigenvalue weighted by Gasteiger charge is 2.18. The van der Waals surface area contributed by atoms with E-state index in [0.29, 0.717) is 23.4 Å². The summed E-state index contributed by atoms with van der Waals surface area (Å²) in [4.78, 5) is 19.3. The fourth-order valence-electron chi connectivity index (χ4n) is 3.41. The van der Waals surface area contributed by atoms with Crippen LogP contribution in [0, 0.1) is 0 Å². The van der Waals surface area contributed by atoms with Gasteiger partial charge in [-0.05, 0) is 41.3 Å². The van der Waals surface area contributed by atoms with Crippen LogP contribution in [0.5, 0.6) is 5.75 Å². The summed E-state index contributed by atoms with van der Waals surface area (Å²) in [6.45, 7) is 0.412. The zero-order valence-electron chi connectivity index (χ0n) is 16.2. The van der Waals surface area contributed by atoms with Crippen molar-refractivity contribution in [3.8, 4) is 22.1 Å². The third kappa shape index (κ3) is 3.19. The molecule has 7 heteroatoms. The number of nitrogens with zero attached hydrogens (tertiary/aromatic N) is 4. The van der Waals surface area contributed by atoms with Crippen molar-refractivity contribution in [1.29, 1.82) is 0 Å². The molecule has 148 valence electrons. The molecule has 5 aromatic rings. The van der Waals surface area contributed by atoms with Gasteiger partial charge in [-0.1, -0.05) is 36.4 Å². The fraction of sp³-hybridized carbons (Fsp3) is 0.0870. The Morgan fingerprint density at radius 1 is 1.00 bits per heavy atom. The van der Waals surface area contributed by atoms with Gasteiger partial charge in [0.25, 0.3) is 5.56 Å². The minimum atomic E-state index is -0.110. The van der Waals surface area contributed by atoms with E-state index in [9.17, 15) is 4.79 Å². The van der Waals surface area contributed by atoms with E-state index in [0.717, 1.165) is 21.9 Å². The summed E-state index contributed by atoms with van der Waals surface area (Å²) in [6.07, 6.45) is 1.60. The third-order valence-corrected chi connectivity index (χ3v) is 5.79. The molecule has 0 bridgehead atoms. The predicted octanol–water partition coefficient (Wildman–Crippen LogP) is 4.37. The number of thiophene rings is 1. The van der Waals surface area contributed by atoms with Crippen LogP contribution in [0.1, 0.15) is 5.56 Å². The zero-order chi connectivity index (χ0) is 20.5. The minimum Gasteiger partial charge on any atom is -0.497 e. The average Bonchev–Trinajstić information content (AvgIpc) is 3.47. The lowest BCUT2D eigenvalue weighted by Crippen LogP contribution is -2.24. The van der Waals surface area contributed by atoms with Crippen molar-refractivity contribution in [2.45, 2.75) is 6.54 Å². The molecule has 30 heavy (non-hydrogen) atoms. The standard InChI is InChI=1S/C23H18N4O2S/c1-29-18-11-9-16(10-12-18)15-26-22(20-8-5-13-30-20)25-21-19(23(26)28)14-24-27(21)17-6-3-2-4-7-17/h2-14H,15H2,1H3. The smallest absolute Gasteiger partial charge is 0.265 e. The molecule has 0 spiro atoms. The molecule has 0 radical (unpaired) electrons. The van der Waals surface area contributed by atoms with Crippen molar-refractivity contribution < 1.29 is 4.74 Å². The normalized spacial score (nSPS) is 11.1. The molecule has 0 fully saturated rings. The summed E-state index contributed by atoms with van der Waals surface area (Å²) >= 11 is 1.56. The number of rotatable bonds is 5. The molecule has 0 amide bonds. The van der Waals surface area contributed by atoms with Crippen LogP contribution in [0.25, 0.3) is 27.4 Å². The summed E-state index contributed by atoms with van der Waals surface area (Å²) < 4.78 is 8.67.